The van der Waals surface area contributed by atoms with Crippen LogP contribution in [0.5, 0.6) is 0 Å². The fourth-order valence-corrected chi connectivity index (χ4v) is 2.11. The van der Waals surface area contributed by atoms with E-state index in [1.165, 1.54) is 10.7 Å². The first-order chi connectivity index (χ1) is 9.25. The molecule has 0 unspecified atom stereocenters. The van der Waals surface area contributed by atoms with Crippen LogP contribution in [0.1, 0.15) is 22.5 Å². The molecule has 0 saturated heterocycles. The minimum atomic E-state index is -4.39. The van der Waals surface area contributed by atoms with E-state index in [1.54, 1.807) is 13.8 Å². The number of hydrogen-bond donors (Lipinski definition) is 1. The zero-order valence-electron chi connectivity index (χ0n) is 10.9. The third kappa shape index (κ3) is 2.53. The van der Waals surface area contributed by atoms with Gasteiger partial charge in [-0.3, -0.25) is 0 Å². The molecule has 0 spiro atoms. The highest BCUT2D eigenvalue weighted by Crippen LogP contribution is 2.32. The average Bonchev–Trinajstić information content (AvgIpc) is 2.64. The second-order valence-electron chi connectivity index (χ2n) is 4.44. The van der Waals surface area contributed by atoms with Gasteiger partial charge in [-0.1, -0.05) is 11.6 Å². The number of rotatable bonds is 2. The lowest BCUT2D eigenvalue weighted by Gasteiger charge is -2.13. The Morgan fingerprint density at radius 3 is 2.40 bits per heavy atom. The number of benzene rings is 1. The van der Waals surface area contributed by atoms with E-state index in [4.69, 9.17) is 17.3 Å². The molecule has 0 aliphatic heterocycles. The maximum absolute atomic E-state index is 12.7. The van der Waals surface area contributed by atoms with Gasteiger partial charge in [-0.05, 0) is 37.6 Å². The van der Waals surface area contributed by atoms with Crippen molar-refractivity contribution in [3.8, 4) is 5.69 Å². The van der Waals surface area contributed by atoms with E-state index in [1.807, 2.05) is 0 Å². The van der Waals surface area contributed by atoms with Crippen molar-refractivity contribution in [3.05, 3.63) is 45.7 Å². The number of aromatic nitrogens is 2. The first kappa shape index (κ1) is 14.9. The summed E-state index contributed by atoms with van der Waals surface area (Å²) in [4.78, 5) is 0. The highest BCUT2D eigenvalue weighted by Gasteiger charge is 2.31. The maximum atomic E-state index is 12.7. The molecule has 2 rings (SSSR count). The molecule has 0 bridgehead atoms. The molecule has 0 fully saturated rings. The third-order valence-corrected chi connectivity index (χ3v) is 3.60. The minimum Gasteiger partial charge on any atom is -0.326 e. The normalized spacial score (nSPS) is 11.9. The van der Waals surface area contributed by atoms with E-state index in [0.29, 0.717) is 27.7 Å². The van der Waals surface area contributed by atoms with Crippen LogP contribution in [0.15, 0.2) is 18.2 Å². The molecule has 0 aliphatic carbocycles. The van der Waals surface area contributed by atoms with Crippen LogP contribution in [0.25, 0.3) is 5.69 Å². The summed E-state index contributed by atoms with van der Waals surface area (Å²) >= 11 is 6.05. The Morgan fingerprint density at radius 2 is 1.95 bits per heavy atom. The highest BCUT2D eigenvalue weighted by atomic mass is 35.5. The van der Waals surface area contributed by atoms with E-state index in [0.717, 1.165) is 12.1 Å². The summed E-state index contributed by atoms with van der Waals surface area (Å²) in [5.74, 6) is 0. The van der Waals surface area contributed by atoms with Crippen molar-refractivity contribution >= 4 is 11.6 Å². The monoisotopic (exact) mass is 303 g/mol. The molecule has 20 heavy (non-hydrogen) atoms. The molecule has 0 aliphatic rings. The summed E-state index contributed by atoms with van der Waals surface area (Å²) in [5.41, 5.74) is 6.98. The number of halogens is 4. The Kier molecular flexibility index (Phi) is 3.80. The number of hydrogen-bond acceptors (Lipinski definition) is 2. The lowest BCUT2D eigenvalue weighted by Crippen LogP contribution is -2.11. The van der Waals surface area contributed by atoms with E-state index < -0.39 is 11.7 Å². The number of nitrogens with two attached hydrogens (primary N) is 1. The Bertz CT molecular complexity index is 647. The van der Waals surface area contributed by atoms with E-state index in [2.05, 4.69) is 5.10 Å². The second-order valence-corrected chi connectivity index (χ2v) is 4.82. The van der Waals surface area contributed by atoms with E-state index in [9.17, 15) is 13.2 Å². The van der Waals surface area contributed by atoms with Gasteiger partial charge in [0.15, 0.2) is 0 Å². The fraction of sp³-hybridized carbons (Fsp3) is 0.308. The topological polar surface area (TPSA) is 43.8 Å². The van der Waals surface area contributed by atoms with Crippen LogP contribution >= 0.6 is 11.6 Å². The Balaban J connectivity index is 2.60. The molecule has 0 atom stereocenters. The first-order valence-corrected chi connectivity index (χ1v) is 6.25. The van der Waals surface area contributed by atoms with Crippen molar-refractivity contribution in [1.29, 1.82) is 0 Å². The Labute approximate surface area is 119 Å². The lowest BCUT2D eigenvalue weighted by atomic mass is 10.1. The summed E-state index contributed by atoms with van der Waals surface area (Å²) in [5, 5.41) is 4.72. The predicted molar refractivity (Wildman–Crippen MR) is 70.9 cm³/mol. The third-order valence-electron chi connectivity index (χ3n) is 3.06. The molecule has 1 heterocycles. The van der Waals surface area contributed by atoms with Crippen LogP contribution in [-0.4, -0.2) is 9.78 Å². The molecule has 3 nitrogen and oxygen atoms in total. The zero-order chi connectivity index (χ0) is 15.1. The van der Waals surface area contributed by atoms with Gasteiger partial charge in [0.1, 0.15) is 0 Å². The maximum Gasteiger partial charge on any atom is 0.416 e. The van der Waals surface area contributed by atoms with Crippen molar-refractivity contribution in [3.63, 3.8) is 0 Å². The Morgan fingerprint density at radius 1 is 1.30 bits per heavy atom. The molecule has 1 aromatic carbocycles. The molecule has 2 N–H and O–H groups in total. The van der Waals surface area contributed by atoms with E-state index in [-0.39, 0.29) is 6.54 Å². The number of alkyl halides is 3. The van der Waals surface area contributed by atoms with Crippen LogP contribution in [-0.2, 0) is 12.7 Å². The smallest absolute Gasteiger partial charge is 0.326 e. The van der Waals surface area contributed by atoms with Crippen molar-refractivity contribution < 1.29 is 13.2 Å². The Hall–Kier alpha value is -1.53. The summed E-state index contributed by atoms with van der Waals surface area (Å²) in [7, 11) is 0. The van der Waals surface area contributed by atoms with Gasteiger partial charge < -0.3 is 5.73 Å². The van der Waals surface area contributed by atoms with Crippen LogP contribution in [0.3, 0.4) is 0 Å². The van der Waals surface area contributed by atoms with Crippen molar-refractivity contribution in [2.75, 3.05) is 0 Å². The van der Waals surface area contributed by atoms with Crippen LogP contribution in [0.4, 0.5) is 13.2 Å². The van der Waals surface area contributed by atoms with Gasteiger partial charge in [-0.15, -0.1) is 0 Å². The molecular formula is C13H13ClF3N3. The minimum absolute atomic E-state index is 0.0186. The van der Waals surface area contributed by atoms with Gasteiger partial charge in [0.05, 0.1) is 27.7 Å². The molecule has 1 aromatic heterocycles. The fourth-order valence-electron chi connectivity index (χ4n) is 1.99. The number of nitrogens with zero attached hydrogens (tertiary/aromatic N) is 2. The molecule has 7 heteroatoms. The summed E-state index contributed by atoms with van der Waals surface area (Å²) < 4.78 is 39.6. The van der Waals surface area contributed by atoms with Gasteiger partial charge in [0.25, 0.3) is 0 Å². The van der Waals surface area contributed by atoms with Gasteiger partial charge in [-0.25, -0.2) is 4.68 Å². The molecule has 0 amide bonds. The van der Waals surface area contributed by atoms with Crippen molar-refractivity contribution in [2.24, 2.45) is 5.73 Å². The van der Waals surface area contributed by atoms with Gasteiger partial charge in [0.2, 0.25) is 0 Å². The van der Waals surface area contributed by atoms with Crippen molar-refractivity contribution in [2.45, 2.75) is 26.6 Å². The summed E-state index contributed by atoms with van der Waals surface area (Å²) in [6, 6.07) is 3.42. The van der Waals surface area contributed by atoms with Crippen molar-refractivity contribution in [1.82, 2.24) is 9.78 Å². The zero-order valence-corrected chi connectivity index (χ0v) is 11.7. The highest BCUT2D eigenvalue weighted by molar-refractivity contribution is 6.31. The van der Waals surface area contributed by atoms with E-state index >= 15 is 0 Å². The molecule has 2 aromatic rings. The molecule has 0 saturated carbocycles. The second kappa shape index (κ2) is 5.10. The van der Waals surface area contributed by atoms with Gasteiger partial charge in [-0.2, -0.15) is 18.3 Å². The average molecular weight is 304 g/mol. The first-order valence-electron chi connectivity index (χ1n) is 5.88. The quantitative estimate of drug-likeness (QED) is 0.921. The lowest BCUT2D eigenvalue weighted by molar-refractivity contribution is -0.137. The largest absolute Gasteiger partial charge is 0.416 e. The van der Waals surface area contributed by atoms with Gasteiger partial charge in [0, 0.05) is 6.54 Å². The standard InChI is InChI=1S/C13H13ClF3N3/c1-7-12(14)8(2)20(19-7)11-4-3-10(13(15,16)17)5-9(11)6-18/h3-5H,6,18H2,1-2H3. The van der Waals surface area contributed by atoms with Crippen LogP contribution in [0.2, 0.25) is 5.02 Å². The molecular weight excluding hydrogens is 291 g/mol. The van der Waals surface area contributed by atoms with Crippen LogP contribution < -0.4 is 5.73 Å². The van der Waals surface area contributed by atoms with Crippen LogP contribution in [0, 0.1) is 13.8 Å². The van der Waals surface area contributed by atoms with Gasteiger partial charge >= 0.3 is 6.18 Å². The summed E-state index contributed by atoms with van der Waals surface area (Å²) in [6.45, 7) is 3.47. The predicted octanol–water partition coefficient (Wildman–Crippen LogP) is 3.62. The summed E-state index contributed by atoms with van der Waals surface area (Å²) in [6.07, 6.45) is -4.39. The molecule has 0 radical (unpaired) electrons. The number of aryl methyl sites for hydroxylation is 1. The SMILES string of the molecule is Cc1nn(-c2ccc(C(F)(F)F)cc2CN)c(C)c1Cl. The molecule has 108 valence electrons.